The van der Waals surface area contributed by atoms with Crippen LogP contribution in [-0.4, -0.2) is 46.9 Å². The minimum Gasteiger partial charge on any atom is -0.462 e. The normalized spacial score (nSPS) is 13.3. The maximum absolute atomic E-state index is 13.2. The minimum absolute atomic E-state index is 0.0601. The molecule has 3 unspecified atom stereocenters. The highest BCUT2D eigenvalue weighted by molar-refractivity contribution is 5.77. The van der Waals surface area contributed by atoms with Crippen molar-refractivity contribution >= 4 is 11.9 Å². The first-order valence-corrected chi connectivity index (χ1v) is 27.1. The highest BCUT2D eigenvalue weighted by Crippen LogP contribution is 2.18. The molecule has 0 bridgehead atoms. The summed E-state index contributed by atoms with van der Waals surface area (Å²) in [6, 6.07) is -0.705. The lowest BCUT2D eigenvalue weighted by Gasteiger charge is -2.24. The van der Waals surface area contributed by atoms with E-state index in [0.717, 1.165) is 57.8 Å². The molecule has 0 saturated heterocycles. The van der Waals surface area contributed by atoms with E-state index in [1.165, 1.54) is 186 Å². The molecule has 0 aliphatic rings. The van der Waals surface area contributed by atoms with Crippen molar-refractivity contribution in [2.45, 2.75) is 309 Å². The van der Waals surface area contributed by atoms with Gasteiger partial charge in [0.2, 0.25) is 5.91 Å². The van der Waals surface area contributed by atoms with E-state index in [1.54, 1.807) is 0 Å². The van der Waals surface area contributed by atoms with Crippen LogP contribution in [0.4, 0.5) is 0 Å². The summed E-state index contributed by atoms with van der Waals surface area (Å²) < 4.78 is 5.92. The van der Waals surface area contributed by atoms with Gasteiger partial charge in [-0.05, 0) is 70.6 Å². The first kappa shape index (κ1) is 59.3. The number of esters is 1. The number of hydrogen-bond donors (Lipinski definition) is 3. The van der Waals surface area contributed by atoms with Gasteiger partial charge in [0.05, 0.1) is 25.2 Å². The van der Waals surface area contributed by atoms with Gasteiger partial charge in [0.25, 0.3) is 0 Å². The summed E-state index contributed by atoms with van der Waals surface area (Å²) in [5.74, 6) is -0.493. The van der Waals surface area contributed by atoms with Crippen molar-refractivity contribution < 1.29 is 24.5 Å². The third-order valence-corrected chi connectivity index (χ3v) is 12.5. The van der Waals surface area contributed by atoms with Crippen LogP contribution in [0.3, 0.4) is 0 Å². The monoisotopic (exact) mass is 860 g/mol. The summed E-state index contributed by atoms with van der Waals surface area (Å²) in [7, 11) is 0. The predicted octanol–water partition coefficient (Wildman–Crippen LogP) is 16.3. The fourth-order valence-electron chi connectivity index (χ4n) is 8.37. The molecule has 3 N–H and O–H groups in total. The van der Waals surface area contributed by atoms with E-state index in [0.29, 0.717) is 19.3 Å². The Kier molecular flexibility index (Phi) is 48.0. The Bertz CT molecular complexity index is 966. The maximum atomic E-state index is 13.2. The Labute approximate surface area is 380 Å². The van der Waals surface area contributed by atoms with E-state index >= 15 is 0 Å². The molecule has 0 radical (unpaired) electrons. The topological polar surface area (TPSA) is 95.9 Å². The molecular weight excluding hydrogens is 755 g/mol. The lowest BCUT2D eigenvalue weighted by atomic mass is 10.0. The fourth-order valence-corrected chi connectivity index (χ4v) is 8.37. The number of aliphatic hydroxyl groups excluding tert-OH is 2. The van der Waals surface area contributed by atoms with Crippen LogP contribution in [0, 0.1) is 0 Å². The van der Waals surface area contributed by atoms with Crippen LogP contribution in [0.15, 0.2) is 24.3 Å². The second kappa shape index (κ2) is 49.4. The second-order valence-electron chi connectivity index (χ2n) is 18.6. The molecule has 360 valence electrons. The molecule has 0 rings (SSSR count). The van der Waals surface area contributed by atoms with Crippen molar-refractivity contribution in [2.24, 2.45) is 0 Å². The van der Waals surface area contributed by atoms with Gasteiger partial charge in [-0.1, -0.05) is 231 Å². The van der Waals surface area contributed by atoms with Crippen LogP contribution < -0.4 is 5.32 Å². The zero-order valence-corrected chi connectivity index (χ0v) is 41.1. The first-order valence-electron chi connectivity index (χ1n) is 27.1. The van der Waals surface area contributed by atoms with Crippen molar-refractivity contribution in [1.82, 2.24) is 5.32 Å². The highest BCUT2D eigenvalue weighted by Gasteiger charge is 2.24. The SMILES string of the molecule is CCCCCCCC/C=C/CCCCCCCCCCCC(=O)OC(CCC/C=C\CCCCCCCCC)CC(=O)NC(CO)C(O)CCCCCCCCCCCCC. The standard InChI is InChI=1S/C55H105NO5/c1-4-7-10-13-16-19-22-24-25-26-27-28-29-30-33-36-39-42-45-48-55(60)61-51(46-43-40-37-34-32-23-20-17-14-11-8-5-2)49-54(59)56-52(50-57)53(58)47-44-41-38-35-31-21-18-15-12-9-6-3/h24-25,34,37,51-53,57-58H,4-23,26-33,35-36,38-50H2,1-3H3,(H,56,59)/b25-24+,37-34-. The predicted molar refractivity (Wildman–Crippen MR) is 264 cm³/mol. The molecule has 1 amide bonds. The molecule has 0 aromatic rings. The van der Waals surface area contributed by atoms with Crippen LogP contribution in [0.1, 0.15) is 290 Å². The fraction of sp³-hybridized carbons (Fsp3) is 0.891. The molecule has 0 aliphatic heterocycles. The van der Waals surface area contributed by atoms with Crippen molar-refractivity contribution in [2.75, 3.05) is 6.61 Å². The van der Waals surface area contributed by atoms with Gasteiger partial charge in [-0.2, -0.15) is 0 Å². The molecule has 0 aliphatic carbocycles. The molecular formula is C55H105NO5. The maximum Gasteiger partial charge on any atom is 0.306 e. The van der Waals surface area contributed by atoms with E-state index in [9.17, 15) is 19.8 Å². The van der Waals surface area contributed by atoms with Gasteiger partial charge in [-0.3, -0.25) is 9.59 Å². The Balaban J connectivity index is 4.50. The number of nitrogens with one attached hydrogen (secondary N) is 1. The zero-order valence-electron chi connectivity index (χ0n) is 41.1. The smallest absolute Gasteiger partial charge is 0.306 e. The summed E-state index contributed by atoms with van der Waals surface area (Å²) >= 11 is 0. The molecule has 0 spiro atoms. The van der Waals surface area contributed by atoms with E-state index < -0.39 is 18.2 Å². The van der Waals surface area contributed by atoms with Crippen LogP contribution in [0.5, 0.6) is 0 Å². The molecule has 0 saturated carbocycles. The van der Waals surface area contributed by atoms with Gasteiger partial charge >= 0.3 is 5.97 Å². The lowest BCUT2D eigenvalue weighted by Crippen LogP contribution is -2.46. The Morgan fingerprint density at radius 3 is 1.20 bits per heavy atom. The summed E-state index contributed by atoms with van der Waals surface area (Å²) in [6.45, 7) is 6.48. The summed E-state index contributed by atoms with van der Waals surface area (Å²) in [4.78, 5) is 26.1. The second-order valence-corrected chi connectivity index (χ2v) is 18.6. The van der Waals surface area contributed by atoms with Crippen molar-refractivity contribution in [3.8, 4) is 0 Å². The van der Waals surface area contributed by atoms with Crippen molar-refractivity contribution in [1.29, 1.82) is 0 Å². The number of unbranched alkanes of at least 4 members (excludes halogenated alkanes) is 33. The molecule has 61 heavy (non-hydrogen) atoms. The Morgan fingerprint density at radius 1 is 0.459 bits per heavy atom. The summed E-state index contributed by atoms with van der Waals surface area (Å²) in [5, 5.41) is 23.7. The number of aliphatic hydroxyl groups is 2. The van der Waals surface area contributed by atoms with Gasteiger partial charge < -0.3 is 20.3 Å². The summed E-state index contributed by atoms with van der Waals surface area (Å²) in [6.07, 6.45) is 56.8. The number of hydrogen-bond acceptors (Lipinski definition) is 5. The third-order valence-electron chi connectivity index (χ3n) is 12.5. The van der Waals surface area contributed by atoms with E-state index in [1.807, 2.05) is 0 Å². The van der Waals surface area contributed by atoms with Crippen molar-refractivity contribution in [3.63, 3.8) is 0 Å². The molecule has 6 heteroatoms. The van der Waals surface area contributed by atoms with Crippen LogP contribution in [0.2, 0.25) is 0 Å². The Morgan fingerprint density at radius 2 is 0.803 bits per heavy atom. The lowest BCUT2D eigenvalue weighted by molar-refractivity contribution is -0.151. The van der Waals surface area contributed by atoms with E-state index in [4.69, 9.17) is 4.74 Å². The summed E-state index contributed by atoms with van der Waals surface area (Å²) in [5.41, 5.74) is 0. The molecule has 0 aromatic heterocycles. The molecule has 0 fully saturated rings. The number of allylic oxidation sites excluding steroid dienone is 4. The Hall–Kier alpha value is -1.66. The zero-order chi connectivity index (χ0) is 44.5. The van der Waals surface area contributed by atoms with E-state index in [2.05, 4.69) is 50.4 Å². The number of ether oxygens (including phenoxy) is 1. The molecule has 0 heterocycles. The average Bonchev–Trinajstić information content (AvgIpc) is 3.25. The molecule has 3 atom stereocenters. The van der Waals surface area contributed by atoms with Crippen LogP contribution in [-0.2, 0) is 14.3 Å². The van der Waals surface area contributed by atoms with Gasteiger partial charge in [0.1, 0.15) is 6.10 Å². The first-order chi connectivity index (χ1) is 30.0. The average molecular weight is 860 g/mol. The highest BCUT2D eigenvalue weighted by atomic mass is 16.5. The van der Waals surface area contributed by atoms with Gasteiger partial charge in [-0.25, -0.2) is 0 Å². The van der Waals surface area contributed by atoms with Gasteiger partial charge in [-0.15, -0.1) is 0 Å². The third kappa shape index (κ3) is 44.7. The number of rotatable bonds is 49. The number of carbonyl (C=O) groups excluding carboxylic acids is 2. The number of carbonyl (C=O) groups is 2. The largest absolute Gasteiger partial charge is 0.462 e. The number of amides is 1. The molecule has 0 aromatic carbocycles. The van der Waals surface area contributed by atoms with Crippen LogP contribution in [0.25, 0.3) is 0 Å². The quantitative estimate of drug-likeness (QED) is 0.0322. The van der Waals surface area contributed by atoms with Gasteiger partial charge in [0.15, 0.2) is 0 Å². The van der Waals surface area contributed by atoms with E-state index in [-0.39, 0.29) is 24.9 Å². The van der Waals surface area contributed by atoms with Crippen molar-refractivity contribution in [3.05, 3.63) is 24.3 Å². The van der Waals surface area contributed by atoms with Crippen LogP contribution >= 0.6 is 0 Å². The molecule has 6 nitrogen and oxygen atoms in total. The van der Waals surface area contributed by atoms with Gasteiger partial charge in [0, 0.05) is 6.42 Å². The minimum atomic E-state index is -0.790.